The summed E-state index contributed by atoms with van der Waals surface area (Å²) in [5.41, 5.74) is 4.30. The van der Waals surface area contributed by atoms with E-state index in [1.807, 2.05) is 0 Å². The maximum Gasteiger partial charge on any atom is 0.187 e. The summed E-state index contributed by atoms with van der Waals surface area (Å²) in [7, 11) is 0. The molecule has 11 unspecified atom stereocenters. The predicted octanol–water partition coefficient (Wildman–Crippen LogP) is -6.08. The van der Waals surface area contributed by atoms with Crippen LogP contribution in [-0.2, 0) is 37.9 Å². The van der Waals surface area contributed by atoms with Gasteiger partial charge in [-0.2, -0.15) is 0 Å². The minimum atomic E-state index is -1.87. The third-order valence-corrected chi connectivity index (χ3v) is 9.35. The van der Waals surface area contributed by atoms with Crippen LogP contribution in [0.4, 0.5) is 0 Å². The van der Waals surface area contributed by atoms with Gasteiger partial charge in [-0.25, -0.2) is 0 Å². The highest BCUT2D eigenvalue weighted by Gasteiger charge is 2.56. The van der Waals surface area contributed by atoms with Crippen LogP contribution in [0.25, 0.3) is 0 Å². The normalized spacial score (nSPS) is 43.5. The van der Waals surface area contributed by atoms with Gasteiger partial charge in [0, 0.05) is 6.54 Å². The van der Waals surface area contributed by atoms with Crippen LogP contribution in [0, 0.1) is 0 Å². The molecule has 0 aliphatic carbocycles. The van der Waals surface area contributed by atoms with Crippen LogP contribution in [0.15, 0.2) is 0 Å². The Kier molecular flexibility index (Phi) is 16.1. The molecule has 20 nitrogen and oxygen atoms in total. The van der Waals surface area contributed by atoms with Gasteiger partial charge >= 0.3 is 0 Å². The lowest BCUT2D eigenvalue weighted by molar-refractivity contribution is -0.379. The van der Waals surface area contributed by atoms with E-state index in [1.54, 1.807) is 27.7 Å². The van der Waals surface area contributed by atoms with E-state index in [2.05, 4.69) is 10.6 Å². The van der Waals surface area contributed by atoms with Crippen LogP contribution in [0.2, 0.25) is 0 Å². The van der Waals surface area contributed by atoms with E-state index < -0.39 is 123 Å². The highest BCUT2D eigenvalue weighted by atomic mass is 16.7. The number of hydrogen-bond acceptors (Lipinski definition) is 20. The monoisotopic (exact) mass is 745 g/mol. The van der Waals surface area contributed by atoms with Crippen molar-refractivity contribution in [3.05, 3.63) is 0 Å². The molecule has 13 N–H and O–H groups in total. The number of nitrogens with two attached hydrogens (primary N) is 1. The fourth-order valence-electron chi connectivity index (χ4n) is 6.45. The second-order valence-electron chi connectivity index (χ2n) is 14.0. The van der Waals surface area contributed by atoms with Gasteiger partial charge in [0.05, 0.1) is 38.1 Å². The Bertz CT molecular complexity index is 1040. The van der Waals surface area contributed by atoms with E-state index >= 15 is 0 Å². The van der Waals surface area contributed by atoms with E-state index in [4.69, 9.17) is 43.6 Å². The van der Waals surface area contributed by atoms with Crippen molar-refractivity contribution < 1.29 is 83.9 Å². The molecule has 0 saturated carbocycles. The molecule has 4 aliphatic heterocycles. The van der Waals surface area contributed by atoms with Gasteiger partial charge in [-0.15, -0.1) is 0 Å². The minimum Gasteiger partial charge on any atom is -0.394 e. The summed E-state index contributed by atoms with van der Waals surface area (Å²) in [6.07, 6.45) is -23.0. The smallest absolute Gasteiger partial charge is 0.187 e. The fraction of sp³-hybridized carbons (Fsp3) is 1.00. The highest BCUT2D eigenvalue weighted by Crippen LogP contribution is 2.36. The Morgan fingerprint density at radius 1 is 0.647 bits per heavy atom. The van der Waals surface area contributed by atoms with E-state index in [0.717, 1.165) is 13.0 Å². The van der Waals surface area contributed by atoms with Crippen molar-refractivity contribution in [3.63, 3.8) is 0 Å². The predicted molar refractivity (Wildman–Crippen MR) is 171 cm³/mol. The van der Waals surface area contributed by atoms with Crippen molar-refractivity contribution in [1.29, 1.82) is 0 Å². The molecule has 4 fully saturated rings. The second kappa shape index (κ2) is 19.2. The number of hydrogen-bond donors (Lipinski definition) is 12. The Labute approximate surface area is 296 Å². The minimum absolute atomic E-state index is 0.131. The molecule has 4 heterocycles. The molecular weight excluding hydrogens is 686 g/mol. The SMILES string of the molecule is CC(C)OC1C(O)[C@H](O)C(CO)O[C@@H]1OC1C(O)[C@@H](OC2C(O)[C@@H](C(C)(C)OCCNC3OC3NCCCN)OC(CO)[C@H]2O)OC(CO)[C@H]1O. The van der Waals surface area contributed by atoms with Crippen molar-refractivity contribution in [3.8, 4) is 0 Å². The zero-order chi connectivity index (χ0) is 37.6. The van der Waals surface area contributed by atoms with E-state index in [0.29, 0.717) is 13.1 Å². The summed E-state index contributed by atoms with van der Waals surface area (Å²) in [5, 5.41) is 102. The summed E-state index contributed by atoms with van der Waals surface area (Å²) < 4.78 is 46.3. The molecular formula is C31H59N3O17. The molecule has 0 spiro atoms. The lowest BCUT2D eigenvalue weighted by Crippen LogP contribution is -2.68. The van der Waals surface area contributed by atoms with Crippen molar-refractivity contribution in [2.45, 2.75) is 150 Å². The Balaban J connectivity index is 1.44. The third-order valence-electron chi connectivity index (χ3n) is 9.35. The molecule has 0 aromatic heterocycles. The van der Waals surface area contributed by atoms with Gasteiger partial charge in [-0.05, 0) is 47.2 Å². The maximum absolute atomic E-state index is 11.5. The van der Waals surface area contributed by atoms with Crippen LogP contribution in [0.1, 0.15) is 34.1 Å². The first-order chi connectivity index (χ1) is 24.2. The Morgan fingerprint density at radius 3 is 1.76 bits per heavy atom. The lowest BCUT2D eigenvalue weighted by atomic mass is 9.86. The average Bonchev–Trinajstić information content (AvgIpc) is 3.84. The summed E-state index contributed by atoms with van der Waals surface area (Å²) in [5.74, 6) is 0. The van der Waals surface area contributed by atoms with Crippen LogP contribution < -0.4 is 16.4 Å². The van der Waals surface area contributed by atoms with E-state index in [9.17, 15) is 46.0 Å². The molecule has 0 bridgehead atoms. The van der Waals surface area contributed by atoms with Gasteiger partial charge in [-0.1, -0.05) is 0 Å². The lowest BCUT2D eigenvalue weighted by Gasteiger charge is -2.50. The summed E-state index contributed by atoms with van der Waals surface area (Å²) in [6.45, 7) is 6.29. The third kappa shape index (κ3) is 10.5. The summed E-state index contributed by atoms with van der Waals surface area (Å²) >= 11 is 0. The van der Waals surface area contributed by atoms with Gasteiger partial charge in [0.25, 0.3) is 0 Å². The van der Waals surface area contributed by atoms with Gasteiger partial charge in [0.1, 0.15) is 79.4 Å². The summed E-state index contributed by atoms with van der Waals surface area (Å²) in [4.78, 5) is 0. The molecule has 0 aromatic carbocycles. The average molecular weight is 746 g/mol. The molecule has 17 atom stereocenters. The highest BCUT2D eigenvalue weighted by molar-refractivity contribution is 5.01. The van der Waals surface area contributed by atoms with Crippen LogP contribution in [0.3, 0.4) is 0 Å². The number of aliphatic hydroxyl groups excluding tert-OH is 9. The Hall–Kier alpha value is -0.800. The zero-order valence-corrected chi connectivity index (χ0v) is 29.4. The number of ether oxygens (including phenoxy) is 8. The zero-order valence-electron chi connectivity index (χ0n) is 29.4. The fourth-order valence-corrected chi connectivity index (χ4v) is 6.45. The molecule has 0 radical (unpaired) electrons. The van der Waals surface area contributed by atoms with Crippen molar-refractivity contribution >= 4 is 0 Å². The maximum atomic E-state index is 11.5. The first-order valence-electron chi connectivity index (χ1n) is 17.5. The molecule has 300 valence electrons. The number of rotatable bonds is 19. The van der Waals surface area contributed by atoms with E-state index in [1.165, 1.54) is 0 Å². The molecule has 20 heteroatoms. The summed E-state index contributed by atoms with van der Waals surface area (Å²) in [6, 6.07) is 0. The van der Waals surface area contributed by atoms with Gasteiger partial charge in [-0.3, -0.25) is 10.6 Å². The topological polar surface area (TPSA) is 309 Å². The molecule has 0 amide bonds. The van der Waals surface area contributed by atoms with E-state index in [-0.39, 0.29) is 19.1 Å². The van der Waals surface area contributed by atoms with Crippen LogP contribution in [-0.4, -0.2) is 208 Å². The van der Waals surface area contributed by atoms with Crippen molar-refractivity contribution in [1.82, 2.24) is 10.6 Å². The number of aliphatic hydroxyl groups is 9. The number of nitrogens with one attached hydrogen (secondary N) is 2. The largest absolute Gasteiger partial charge is 0.394 e. The quantitative estimate of drug-likeness (QED) is 0.0432. The standard InChI is InChI=1S/C31H59N3O17/c1-13(2)45-25-20(41)17(38)14(10-35)48-30(25)50-24-19(40)16(12-37)47-29(22(24)43)49-23-18(39)15(11-36)46-26(21(23)42)31(3,4)44-9-8-34-28-27(51-28)33-7-5-6-32/h13-30,33-43H,5-12,32H2,1-4H3/t14?,15?,16?,17-,18-,19-,20?,21?,22?,23?,24?,25?,26+,27?,28?,29-,30-/m1/s1. The van der Waals surface area contributed by atoms with Crippen molar-refractivity contribution in [2.24, 2.45) is 5.73 Å². The molecule has 0 aromatic rings. The molecule has 51 heavy (non-hydrogen) atoms. The van der Waals surface area contributed by atoms with Crippen LogP contribution in [0.5, 0.6) is 0 Å². The number of epoxide rings is 1. The molecule has 4 aliphatic rings. The Morgan fingerprint density at radius 2 is 1.18 bits per heavy atom. The van der Waals surface area contributed by atoms with Gasteiger partial charge < -0.3 is 89.6 Å². The first kappa shape index (κ1) is 42.9. The van der Waals surface area contributed by atoms with Gasteiger partial charge in [0.2, 0.25) is 0 Å². The second-order valence-corrected chi connectivity index (χ2v) is 14.0. The van der Waals surface area contributed by atoms with Crippen LogP contribution >= 0.6 is 0 Å². The molecule has 4 saturated heterocycles. The van der Waals surface area contributed by atoms with Gasteiger partial charge in [0.15, 0.2) is 25.0 Å². The first-order valence-corrected chi connectivity index (χ1v) is 17.5. The molecule has 4 rings (SSSR count). The van der Waals surface area contributed by atoms with Crippen molar-refractivity contribution in [2.75, 3.05) is 46.1 Å².